The van der Waals surface area contributed by atoms with E-state index < -0.39 is 0 Å². The summed E-state index contributed by atoms with van der Waals surface area (Å²) in [5.74, 6) is 0.180. The van der Waals surface area contributed by atoms with Crippen LogP contribution in [0.2, 0.25) is 0 Å². The fraction of sp³-hybridized carbons (Fsp3) is 0.417. The third kappa shape index (κ3) is 3.88. The van der Waals surface area contributed by atoms with Crippen molar-refractivity contribution in [2.75, 3.05) is 0 Å². The SMILES string of the molecule is Cc1ccc(CN=C(N)NC(C)C)cc1F. The molecule has 0 aliphatic carbocycles. The Morgan fingerprint density at radius 3 is 2.75 bits per heavy atom. The molecule has 1 aromatic rings. The minimum atomic E-state index is -0.205. The van der Waals surface area contributed by atoms with E-state index in [1.807, 2.05) is 19.9 Å². The van der Waals surface area contributed by atoms with Gasteiger partial charge in [-0.05, 0) is 38.0 Å². The van der Waals surface area contributed by atoms with Crippen LogP contribution in [0.4, 0.5) is 4.39 Å². The lowest BCUT2D eigenvalue weighted by Crippen LogP contribution is -2.36. The first-order chi connectivity index (χ1) is 7.49. The molecule has 1 rings (SSSR count). The summed E-state index contributed by atoms with van der Waals surface area (Å²) in [6.07, 6.45) is 0. The van der Waals surface area contributed by atoms with Crippen molar-refractivity contribution in [1.29, 1.82) is 0 Å². The number of nitrogens with one attached hydrogen (secondary N) is 1. The van der Waals surface area contributed by atoms with Crippen LogP contribution >= 0.6 is 0 Å². The van der Waals surface area contributed by atoms with Crippen molar-refractivity contribution in [3.05, 3.63) is 35.1 Å². The van der Waals surface area contributed by atoms with E-state index in [1.165, 1.54) is 6.07 Å². The van der Waals surface area contributed by atoms with Crippen LogP contribution in [0, 0.1) is 12.7 Å². The molecule has 0 radical (unpaired) electrons. The van der Waals surface area contributed by atoms with Crippen LogP contribution < -0.4 is 11.1 Å². The zero-order chi connectivity index (χ0) is 12.1. The summed E-state index contributed by atoms with van der Waals surface area (Å²) in [5, 5.41) is 2.97. The Balaban J connectivity index is 2.63. The summed E-state index contributed by atoms with van der Waals surface area (Å²) in [5.41, 5.74) is 7.09. The fourth-order valence-electron chi connectivity index (χ4n) is 1.25. The van der Waals surface area contributed by atoms with Gasteiger partial charge in [0.2, 0.25) is 0 Å². The van der Waals surface area contributed by atoms with Crippen molar-refractivity contribution in [2.45, 2.75) is 33.4 Å². The first-order valence-electron chi connectivity index (χ1n) is 5.30. The molecular formula is C12H18FN3. The van der Waals surface area contributed by atoms with E-state index in [0.717, 1.165) is 5.56 Å². The lowest BCUT2D eigenvalue weighted by atomic mass is 10.1. The number of aryl methyl sites for hydroxylation is 1. The summed E-state index contributed by atoms with van der Waals surface area (Å²) in [6.45, 7) is 6.08. The van der Waals surface area contributed by atoms with E-state index in [4.69, 9.17) is 5.73 Å². The topological polar surface area (TPSA) is 50.4 Å². The number of hydrogen-bond donors (Lipinski definition) is 2. The Labute approximate surface area is 95.6 Å². The van der Waals surface area contributed by atoms with Crippen LogP contribution in [-0.2, 0) is 6.54 Å². The van der Waals surface area contributed by atoms with Gasteiger partial charge in [0, 0.05) is 6.04 Å². The molecule has 0 aromatic heterocycles. The molecule has 1 aromatic carbocycles. The highest BCUT2D eigenvalue weighted by atomic mass is 19.1. The maximum atomic E-state index is 13.2. The van der Waals surface area contributed by atoms with Gasteiger partial charge >= 0.3 is 0 Å². The number of aliphatic imine (C=N–C) groups is 1. The second-order valence-corrected chi connectivity index (χ2v) is 4.08. The van der Waals surface area contributed by atoms with Crippen LogP contribution in [-0.4, -0.2) is 12.0 Å². The maximum absolute atomic E-state index is 13.2. The number of nitrogens with zero attached hydrogens (tertiary/aromatic N) is 1. The van der Waals surface area contributed by atoms with Crippen molar-refractivity contribution >= 4 is 5.96 Å². The molecule has 0 heterocycles. The summed E-state index contributed by atoms with van der Waals surface area (Å²) >= 11 is 0. The first kappa shape index (κ1) is 12.5. The molecule has 3 nitrogen and oxygen atoms in total. The van der Waals surface area contributed by atoms with Crippen LogP contribution in [0.1, 0.15) is 25.0 Å². The zero-order valence-corrected chi connectivity index (χ0v) is 9.92. The van der Waals surface area contributed by atoms with Crippen LogP contribution in [0.5, 0.6) is 0 Å². The second kappa shape index (κ2) is 5.49. The number of benzene rings is 1. The Kier molecular flexibility index (Phi) is 4.28. The maximum Gasteiger partial charge on any atom is 0.189 e. The summed E-state index contributed by atoms with van der Waals surface area (Å²) in [4.78, 5) is 4.12. The van der Waals surface area contributed by atoms with Gasteiger partial charge in [0.25, 0.3) is 0 Å². The van der Waals surface area contributed by atoms with Crippen molar-refractivity contribution in [2.24, 2.45) is 10.7 Å². The number of rotatable bonds is 3. The van der Waals surface area contributed by atoms with Crippen LogP contribution in [0.3, 0.4) is 0 Å². The molecule has 88 valence electrons. The molecule has 0 atom stereocenters. The largest absolute Gasteiger partial charge is 0.370 e. The minimum absolute atomic E-state index is 0.205. The summed E-state index contributed by atoms with van der Waals surface area (Å²) in [7, 11) is 0. The third-order valence-corrected chi connectivity index (χ3v) is 2.10. The molecule has 0 saturated carbocycles. The number of halogens is 1. The zero-order valence-electron chi connectivity index (χ0n) is 9.92. The van der Waals surface area contributed by atoms with Gasteiger partial charge in [-0.15, -0.1) is 0 Å². The predicted molar refractivity (Wildman–Crippen MR) is 64.7 cm³/mol. The Morgan fingerprint density at radius 2 is 2.19 bits per heavy atom. The second-order valence-electron chi connectivity index (χ2n) is 4.08. The van der Waals surface area contributed by atoms with Crippen LogP contribution in [0.15, 0.2) is 23.2 Å². The van der Waals surface area contributed by atoms with Gasteiger partial charge in [0.05, 0.1) is 6.54 Å². The fourth-order valence-corrected chi connectivity index (χ4v) is 1.25. The minimum Gasteiger partial charge on any atom is -0.370 e. The van der Waals surface area contributed by atoms with E-state index in [-0.39, 0.29) is 11.9 Å². The molecule has 0 unspecified atom stereocenters. The average Bonchev–Trinajstić information content (AvgIpc) is 2.19. The highest BCUT2D eigenvalue weighted by Crippen LogP contribution is 2.09. The molecule has 0 spiro atoms. The smallest absolute Gasteiger partial charge is 0.189 e. The van der Waals surface area contributed by atoms with E-state index >= 15 is 0 Å². The monoisotopic (exact) mass is 223 g/mol. The van der Waals surface area contributed by atoms with Gasteiger partial charge in [-0.2, -0.15) is 0 Å². The predicted octanol–water partition coefficient (Wildman–Crippen LogP) is 1.95. The number of guanidine groups is 1. The standard InChI is InChI=1S/C12H18FN3/c1-8(2)16-12(14)15-7-10-5-4-9(3)11(13)6-10/h4-6,8H,7H2,1-3H3,(H3,14,15,16). The molecular weight excluding hydrogens is 205 g/mol. The molecule has 0 amide bonds. The van der Waals surface area contributed by atoms with Crippen LogP contribution in [0.25, 0.3) is 0 Å². The van der Waals surface area contributed by atoms with Gasteiger partial charge in [-0.25, -0.2) is 9.38 Å². The van der Waals surface area contributed by atoms with E-state index in [1.54, 1.807) is 13.0 Å². The van der Waals surface area contributed by atoms with E-state index in [2.05, 4.69) is 10.3 Å². The molecule has 0 bridgehead atoms. The van der Waals surface area contributed by atoms with Crippen molar-refractivity contribution in [1.82, 2.24) is 5.32 Å². The summed E-state index contributed by atoms with van der Waals surface area (Å²) < 4.78 is 13.2. The average molecular weight is 223 g/mol. The molecule has 0 fully saturated rings. The molecule has 16 heavy (non-hydrogen) atoms. The quantitative estimate of drug-likeness (QED) is 0.608. The third-order valence-electron chi connectivity index (χ3n) is 2.10. The lowest BCUT2D eigenvalue weighted by Gasteiger charge is -2.08. The van der Waals surface area contributed by atoms with E-state index in [0.29, 0.717) is 18.1 Å². The van der Waals surface area contributed by atoms with E-state index in [9.17, 15) is 4.39 Å². The van der Waals surface area contributed by atoms with Crippen molar-refractivity contribution in [3.63, 3.8) is 0 Å². The molecule has 3 N–H and O–H groups in total. The van der Waals surface area contributed by atoms with Gasteiger partial charge in [-0.3, -0.25) is 0 Å². The lowest BCUT2D eigenvalue weighted by molar-refractivity contribution is 0.616. The Morgan fingerprint density at radius 1 is 1.50 bits per heavy atom. The van der Waals surface area contributed by atoms with Gasteiger partial charge in [-0.1, -0.05) is 12.1 Å². The first-order valence-corrected chi connectivity index (χ1v) is 5.30. The normalized spacial score (nSPS) is 11.9. The van der Waals surface area contributed by atoms with Gasteiger partial charge in [0.1, 0.15) is 5.82 Å². The van der Waals surface area contributed by atoms with Crippen molar-refractivity contribution in [3.8, 4) is 0 Å². The molecule has 0 saturated heterocycles. The molecule has 0 aliphatic rings. The van der Waals surface area contributed by atoms with Crippen molar-refractivity contribution < 1.29 is 4.39 Å². The highest BCUT2D eigenvalue weighted by molar-refractivity contribution is 5.78. The molecule has 4 heteroatoms. The van der Waals surface area contributed by atoms with Gasteiger partial charge in [0.15, 0.2) is 5.96 Å². The number of hydrogen-bond acceptors (Lipinski definition) is 1. The molecule has 0 aliphatic heterocycles. The number of nitrogens with two attached hydrogens (primary N) is 1. The van der Waals surface area contributed by atoms with Gasteiger partial charge < -0.3 is 11.1 Å². The summed E-state index contributed by atoms with van der Waals surface area (Å²) in [6, 6.07) is 5.33. The Hall–Kier alpha value is -1.58. The Bertz CT molecular complexity index is 386. The highest BCUT2D eigenvalue weighted by Gasteiger charge is 1.99.